The van der Waals surface area contributed by atoms with Gasteiger partial charge in [0.05, 0.1) is 16.6 Å². The van der Waals surface area contributed by atoms with Crippen molar-refractivity contribution in [3.05, 3.63) is 28.5 Å². The molecule has 5 heteroatoms. The highest BCUT2D eigenvalue weighted by atomic mass is 32.1. The van der Waals surface area contributed by atoms with Crippen molar-refractivity contribution < 1.29 is 0 Å². The van der Waals surface area contributed by atoms with Gasteiger partial charge in [0.2, 0.25) is 0 Å². The van der Waals surface area contributed by atoms with Crippen LogP contribution >= 0.6 is 12.2 Å². The normalized spacial score (nSPS) is 12.8. The zero-order chi connectivity index (χ0) is 13.3. The van der Waals surface area contributed by atoms with Gasteiger partial charge in [0.25, 0.3) is 0 Å². The molecule has 0 amide bonds. The van der Waals surface area contributed by atoms with E-state index in [4.69, 9.17) is 17.5 Å². The van der Waals surface area contributed by atoms with Crippen LogP contribution in [0.5, 0.6) is 0 Å². The summed E-state index contributed by atoms with van der Waals surface area (Å²) in [5.41, 5.74) is 2.46. The Hall–Kier alpha value is -1.64. The minimum atomic E-state index is 0.259. The van der Waals surface area contributed by atoms with Crippen LogP contribution in [0, 0.1) is 16.1 Å². The molecule has 2 aromatic rings. The predicted octanol–water partition coefficient (Wildman–Crippen LogP) is 2.69. The Labute approximate surface area is 111 Å². The lowest BCUT2D eigenvalue weighted by atomic mass is 10.2. The fraction of sp³-hybridized carbons (Fsp3) is 0.385. The molecular formula is C13H16N4S. The molecule has 1 unspecified atom stereocenters. The minimum Gasteiger partial charge on any atom is -0.329 e. The van der Waals surface area contributed by atoms with E-state index in [1.54, 1.807) is 6.07 Å². The molecule has 0 bridgehead atoms. The summed E-state index contributed by atoms with van der Waals surface area (Å²) in [5, 5.41) is 9.10. The molecule has 0 aliphatic rings. The van der Waals surface area contributed by atoms with Gasteiger partial charge in [-0.15, -0.1) is 0 Å². The van der Waals surface area contributed by atoms with Crippen molar-refractivity contribution in [3.8, 4) is 6.07 Å². The van der Waals surface area contributed by atoms with Crippen molar-refractivity contribution in [2.45, 2.75) is 13.0 Å². The predicted molar refractivity (Wildman–Crippen MR) is 75.1 cm³/mol. The maximum absolute atomic E-state index is 9.10. The summed E-state index contributed by atoms with van der Waals surface area (Å²) < 4.78 is 2.74. The topological polar surface area (TPSA) is 47.8 Å². The minimum absolute atomic E-state index is 0.259. The Bertz CT molecular complexity index is 660. The Balaban J connectivity index is 2.62. The van der Waals surface area contributed by atoms with Gasteiger partial charge in [-0.3, -0.25) is 0 Å². The largest absolute Gasteiger partial charge is 0.329 e. The number of aromatic amines is 1. The lowest BCUT2D eigenvalue weighted by Crippen LogP contribution is -2.22. The van der Waals surface area contributed by atoms with E-state index in [-0.39, 0.29) is 6.04 Å². The van der Waals surface area contributed by atoms with Crippen molar-refractivity contribution in [1.82, 2.24) is 14.5 Å². The first kappa shape index (κ1) is 12.8. The first-order chi connectivity index (χ1) is 8.54. The molecule has 0 saturated heterocycles. The molecule has 0 aliphatic heterocycles. The second kappa shape index (κ2) is 4.92. The van der Waals surface area contributed by atoms with E-state index in [1.165, 1.54) is 0 Å². The summed E-state index contributed by atoms with van der Waals surface area (Å²) in [7, 11) is 4.07. The van der Waals surface area contributed by atoms with Crippen LogP contribution in [0.1, 0.15) is 18.5 Å². The number of nitrogens with zero attached hydrogens (tertiary/aromatic N) is 3. The molecule has 94 valence electrons. The Morgan fingerprint density at radius 3 is 2.83 bits per heavy atom. The molecule has 1 aromatic heterocycles. The van der Waals surface area contributed by atoms with Crippen molar-refractivity contribution >= 4 is 23.3 Å². The highest BCUT2D eigenvalue weighted by Crippen LogP contribution is 2.22. The second-order valence-electron chi connectivity index (χ2n) is 4.72. The van der Waals surface area contributed by atoms with Gasteiger partial charge >= 0.3 is 0 Å². The van der Waals surface area contributed by atoms with Crippen LogP contribution in [-0.4, -0.2) is 35.1 Å². The number of fused-ring (bicyclic) bond motifs is 1. The molecule has 1 N–H and O–H groups in total. The molecule has 1 atom stereocenters. The number of likely N-dealkylation sites (N-methyl/N-ethyl adjacent to an activating group) is 1. The molecule has 2 rings (SSSR count). The average Bonchev–Trinajstić information content (AvgIpc) is 2.63. The molecular weight excluding hydrogens is 244 g/mol. The molecule has 0 spiro atoms. The Kier molecular flexibility index (Phi) is 3.50. The van der Waals surface area contributed by atoms with Crippen molar-refractivity contribution in [1.29, 1.82) is 5.26 Å². The summed E-state index contributed by atoms with van der Waals surface area (Å²) in [6.45, 7) is 3.03. The van der Waals surface area contributed by atoms with E-state index in [0.29, 0.717) is 10.3 Å². The number of H-pyrrole nitrogens is 1. The van der Waals surface area contributed by atoms with E-state index in [2.05, 4.69) is 27.4 Å². The first-order valence-electron chi connectivity index (χ1n) is 5.82. The molecule has 0 fully saturated rings. The number of aromatic nitrogens is 2. The van der Waals surface area contributed by atoms with E-state index in [1.807, 2.05) is 26.2 Å². The number of rotatable bonds is 3. The number of para-hydroxylation sites is 1. The van der Waals surface area contributed by atoms with Crippen molar-refractivity contribution in [2.24, 2.45) is 0 Å². The monoisotopic (exact) mass is 260 g/mol. The number of benzene rings is 1. The van der Waals surface area contributed by atoms with Gasteiger partial charge in [0, 0.05) is 12.6 Å². The van der Waals surface area contributed by atoms with Gasteiger partial charge in [0.1, 0.15) is 6.07 Å². The van der Waals surface area contributed by atoms with Crippen molar-refractivity contribution in [2.75, 3.05) is 20.6 Å². The zero-order valence-electron chi connectivity index (χ0n) is 10.8. The number of hydrogen-bond donors (Lipinski definition) is 1. The summed E-state index contributed by atoms with van der Waals surface area (Å²) >= 11 is 5.37. The third kappa shape index (κ3) is 2.17. The Morgan fingerprint density at radius 1 is 1.50 bits per heavy atom. The lowest BCUT2D eigenvalue weighted by molar-refractivity contribution is 0.339. The maximum Gasteiger partial charge on any atom is 0.178 e. The first-order valence-corrected chi connectivity index (χ1v) is 6.23. The maximum atomic E-state index is 9.10. The molecule has 0 saturated carbocycles. The standard InChI is InChI=1S/C13H16N4S/c1-9(8-16(2)3)17-11-6-4-5-10(7-14)12(11)15-13(17)18/h4-6,9H,8H2,1-3H3,(H,15,18). The number of nitriles is 1. The van der Waals surface area contributed by atoms with Gasteiger partial charge in [-0.1, -0.05) is 6.07 Å². The van der Waals surface area contributed by atoms with E-state index in [0.717, 1.165) is 17.6 Å². The molecule has 0 aliphatic carbocycles. The SMILES string of the molecule is CC(CN(C)C)n1c(=S)[nH]c2c(C#N)cccc21. The molecule has 0 radical (unpaired) electrons. The van der Waals surface area contributed by atoms with Crippen molar-refractivity contribution in [3.63, 3.8) is 0 Å². The van der Waals surface area contributed by atoms with E-state index < -0.39 is 0 Å². The zero-order valence-corrected chi connectivity index (χ0v) is 11.6. The molecule has 4 nitrogen and oxygen atoms in total. The fourth-order valence-corrected chi connectivity index (χ4v) is 2.67. The van der Waals surface area contributed by atoms with Gasteiger partial charge in [0.15, 0.2) is 4.77 Å². The van der Waals surface area contributed by atoms with Gasteiger partial charge in [-0.2, -0.15) is 5.26 Å². The summed E-state index contributed by atoms with van der Waals surface area (Å²) in [5.74, 6) is 0. The summed E-state index contributed by atoms with van der Waals surface area (Å²) in [6.07, 6.45) is 0. The van der Waals surface area contributed by atoms with Gasteiger partial charge in [-0.25, -0.2) is 0 Å². The quantitative estimate of drug-likeness (QED) is 0.863. The van der Waals surface area contributed by atoms with Gasteiger partial charge in [-0.05, 0) is 45.4 Å². The Morgan fingerprint density at radius 2 is 2.22 bits per heavy atom. The third-order valence-corrected chi connectivity index (χ3v) is 3.24. The molecule has 1 aromatic carbocycles. The smallest absolute Gasteiger partial charge is 0.178 e. The van der Waals surface area contributed by atoms with E-state index in [9.17, 15) is 0 Å². The third-order valence-electron chi connectivity index (χ3n) is 2.94. The highest BCUT2D eigenvalue weighted by Gasteiger charge is 2.13. The van der Waals surface area contributed by atoms with Crippen LogP contribution < -0.4 is 0 Å². The van der Waals surface area contributed by atoms with Crippen LogP contribution in [0.4, 0.5) is 0 Å². The average molecular weight is 260 g/mol. The highest BCUT2D eigenvalue weighted by molar-refractivity contribution is 7.71. The fourth-order valence-electron chi connectivity index (χ4n) is 2.29. The molecule has 1 heterocycles. The molecule has 18 heavy (non-hydrogen) atoms. The summed E-state index contributed by atoms with van der Waals surface area (Å²) in [4.78, 5) is 5.26. The lowest BCUT2D eigenvalue weighted by Gasteiger charge is -2.19. The number of imidazole rings is 1. The number of nitrogens with one attached hydrogen (secondary N) is 1. The van der Waals surface area contributed by atoms with Crippen LogP contribution in [0.25, 0.3) is 11.0 Å². The van der Waals surface area contributed by atoms with Crippen LogP contribution in [-0.2, 0) is 0 Å². The van der Waals surface area contributed by atoms with Crippen LogP contribution in [0.3, 0.4) is 0 Å². The van der Waals surface area contributed by atoms with Gasteiger partial charge < -0.3 is 14.5 Å². The van der Waals surface area contributed by atoms with E-state index >= 15 is 0 Å². The second-order valence-corrected chi connectivity index (χ2v) is 5.11. The van der Waals surface area contributed by atoms with Crippen LogP contribution in [0.2, 0.25) is 0 Å². The number of hydrogen-bond acceptors (Lipinski definition) is 3. The van der Waals surface area contributed by atoms with Crippen LogP contribution in [0.15, 0.2) is 18.2 Å². The summed E-state index contributed by atoms with van der Waals surface area (Å²) in [6, 6.07) is 8.13.